The Morgan fingerprint density at radius 2 is 1.95 bits per heavy atom. The monoisotopic (exact) mass is 272 g/mol. The van der Waals surface area contributed by atoms with E-state index in [1.165, 1.54) is 30.6 Å². The number of carboxylic acid groups (broad SMARTS) is 1. The molecule has 3 N–H and O–H groups in total. The molecule has 20 heavy (non-hydrogen) atoms. The van der Waals surface area contributed by atoms with Crippen molar-refractivity contribution in [3.05, 3.63) is 53.3 Å². The van der Waals surface area contributed by atoms with Crippen molar-refractivity contribution >= 4 is 17.6 Å². The SMILES string of the molecule is Cc1cc(NC(=O)c2ccncc2O)ccc1C(=O)O. The van der Waals surface area contributed by atoms with Gasteiger partial charge in [0.25, 0.3) is 5.91 Å². The van der Waals surface area contributed by atoms with Gasteiger partial charge in [0.1, 0.15) is 5.75 Å². The largest absolute Gasteiger partial charge is 0.505 e. The van der Waals surface area contributed by atoms with Gasteiger partial charge in [-0.3, -0.25) is 9.78 Å². The molecule has 2 aromatic rings. The van der Waals surface area contributed by atoms with E-state index in [2.05, 4.69) is 10.3 Å². The first-order chi connectivity index (χ1) is 9.49. The quantitative estimate of drug-likeness (QED) is 0.794. The lowest BCUT2D eigenvalue weighted by atomic mass is 10.1. The minimum absolute atomic E-state index is 0.0972. The molecule has 0 aliphatic rings. The van der Waals surface area contributed by atoms with E-state index >= 15 is 0 Å². The molecule has 0 saturated carbocycles. The van der Waals surface area contributed by atoms with E-state index in [0.29, 0.717) is 11.3 Å². The number of rotatable bonds is 3. The van der Waals surface area contributed by atoms with Crippen molar-refractivity contribution in [3.63, 3.8) is 0 Å². The minimum Gasteiger partial charge on any atom is -0.505 e. The summed E-state index contributed by atoms with van der Waals surface area (Å²) in [6.07, 6.45) is 2.57. The molecule has 1 heterocycles. The highest BCUT2D eigenvalue weighted by Gasteiger charge is 2.12. The zero-order valence-electron chi connectivity index (χ0n) is 10.6. The summed E-state index contributed by atoms with van der Waals surface area (Å²) >= 11 is 0. The van der Waals surface area contributed by atoms with E-state index in [4.69, 9.17) is 5.11 Å². The van der Waals surface area contributed by atoms with Crippen LogP contribution in [0.1, 0.15) is 26.3 Å². The Balaban J connectivity index is 2.23. The van der Waals surface area contributed by atoms with Crippen LogP contribution in [0.25, 0.3) is 0 Å². The van der Waals surface area contributed by atoms with Crippen LogP contribution in [0.5, 0.6) is 5.75 Å². The summed E-state index contributed by atoms with van der Waals surface area (Å²) in [6.45, 7) is 1.64. The smallest absolute Gasteiger partial charge is 0.335 e. The molecular weight excluding hydrogens is 260 g/mol. The molecule has 0 unspecified atom stereocenters. The number of hydrogen-bond donors (Lipinski definition) is 3. The highest BCUT2D eigenvalue weighted by Crippen LogP contribution is 2.19. The van der Waals surface area contributed by atoms with Crippen LogP contribution in [0.15, 0.2) is 36.7 Å². The molecule has 0 atom stereocenters. The number of benzene rings is 1. The number of nitrogens with zero attached hydrogens (tertiary/aromatic N) is 1. The number of hydrogen-bond acceptors (Lipinski definition) is 4. The van der Waals surface area contributed by atoms with Crippen molar-refractivity contribution in [1.29, 1.82) is 0 Å². The first-order valence-corrected chi connectivity index (χ1v) is 5.77. The first-order valence-electron chi connectivity index (χ1n) is 5.77. The van der Waals surface area contributed by atoms with Gasteiger partial charge in [0, 0.05) is 11.9 Å². The van der Waals surface area contributed by atoms with Gasteiger partial charge in [-0.2, -0.15) is 0 Å². The Hall–Kier alpha value is -2.89. The van der Waals surface area contributed by atoms with Crippen LogP contribution < -0.4 is 5.32 Å². The number of carbonyl (C=O) groups is 2. The molecule has 6 heteroatoms. The molecule has 0 bridgehead atoms. The zero-order chi connectivity index (χ0) is 14.7. The molecule has 0 spiro atoms. The molecule has 0 aliphatic carbocycles. The molecule has 1 aromatic heterocycles. The summed E-state index contributed by atoms with van der Waals surface area (Å²) in [7, 11) is 0. The number of carbonyl (C=O) groups excluding carboxylic acids is 1. The van der Waals surface area contributed by atoms with Crippen molar-refractivity contribution in [2.75, 3.05) is 5.32 Å². The van der Waals surface area contributed by atoms with Crippen molar-refractivity contribution in [3.8, 4) is 5.75 Å². The third-order valence-electron chi connectivity index (χ3n) is 2.76. The lowest BCUT2D eigenvalue weighted by Crippen LogP contribution is -2.12. The molecule has 2 rings (SSSR count). The maximum Gasteiger partial charge on any atom is 0.335 e. The van der Waals surface area contributed by atoms with Gasteiger partial charge in [-0.05, 0) is 36.8 Å². The summed E-state index contributed by atoms with van der Waals surface area (Å²) in [6, 6.07) is 5.86. The van der Waals surface area contributed by atoms with Crippen molar-refractivity contribution in [2.45, 2.75) is 6.92 Å². The van der Waals surface area contributed by atoms with E-state index in [1.54, 1.807) is 13.0 Å². The Kier molecular flexibility index (Phi) is 3.65. The molecule has 1 amide bonds. The average molecular weight is 272 g/mol. The highest BCUT2D eigenvalue weighted by atomic mass is 16.4. The number of aryl methyl sites for hydroxylation is 1. The predicted molar refractivity (Wildman–Crippen MR) is 72.0 cm³/mol. The van der Waals surface area contributed by atoms with Crippen LogP contribution in [0.2, 0.25) is 0 Å². The second-order valence-electron chi connectivity index (χ2n) is 4.18. The molecule has 0 saturated heterocycles. The van der Waals surface area contributed by atoms with E-state index in [9.17, 15) is 14.7 Å². The van der Waals surface area contributed by atoms with Gasteiger partial charge in [-0.1, -0.05) is 0 Å². The van der Waals surface area contributed by atoms with Crippen LogP contribution in [0.4, 0.5) is 5.69 Å². The third kappa shape index (κ3) is 2.74. The van der Waals surface area contributed by atoms with Gasteiger partial charge in [0.05, 0.1) is 17.3 Å². The van der Waals surface area contributed by atoms with Crippen molar-refractivity contribution in [1.82, 2.24) is 4.98 Å². The van der Waals surface area contributed by atoms with Crippen LogP contribution in [-0.4, -0.2) is 27.1 Å². The fraction of sp³-hybridized carbons (Fsp3) is 0.0714. The maximum absolute atomic E-state index is 11.9. The second kappa shape index (κ2) is 5.40. The fourth-order valence-electron chi connectivity index (χ4n) is 1.76. The number of anilines is 1. The van der Waals surface area contributed by atoms with Crippen molar-refractivity contribution < 1.29 is 19.8 Å². The summed E-state index contributed by atoms with van der Waals surface area (Å²) in [5.41, 5.74) is 1.26. The topological polar surface area (TPSA) is 99.5 Å². The Morgan fingerprint density at radius 3 is 2.55 bits per heavy atom. The Bertz CT molecular complexity index is 683. The molecule has 6 nitrogen and oxygen atoms in total. The molecule has 0 aliphatic heterocycles. The van der Waals surface area contributed by atoms with Crippen LogP contribution in [0.3, 0.4) is 0 Å². The van der Waals surface area contributed by atoms with Gasteiger partial charge >= 0.3 is 5.97 Å². The third-order valence-corrected chi connectivity index (χ3v) is 2.76. The van der Waals surface area contributed by atoms with Gasteiger partial charge in [-0.15, -0.1) is 0 Å². The summed E-state index contributed by atoms with van der Waals surface area (Å²) < 4.78 is 0. The second-order valence-corrected chi connectivity index (χ2v) is 4.18. The first kappa shape index (κ1) is 13.5. The predicted octanol–water partition coefficient (Wildman–Crippen LogP) is 2.05. The lowest BCUT2D eigenvalue weighted by Gasteiger charge is -2.08. The Morgan fingerprint density at radius 1 is 1.20 bits per heavy atom. The molecule has 0 radical (unpaired) electrons. The number of aromatic carboxylic acids is 1. The number of amides is 1. The van der Waals surface area contributed by atoms with E-state index in [-0.39, 0.29) is 16.9 Å². The van der Waals surface area contributed by atoms with Crippen molar-refractivity contribution in [2.24, 2.45) is 0 Å². The number of carboxylic acids is 1. The summed E-state index contributed by atoms with van der Waals surface area (Å²) in [4.78, 5) is 26.5. The van der Waals surface area contributed by atoms with Crippen LogP contribution in [0, 0.1) is 6.92 Å². The molecule has 102 valence electrons. The zero-order valence-corrected chi connectivity index (χ0v) is 10.6. The molecular formula is C14H12N2O4. The van der Waals surface area contributed by atoms with Gasteiger partial charge in [0.15, 0.2) is 0 Å². The maximum atomic E-state index is 11.9. The minimum atomic E-state index is -1.02. The standard InChI is InChI=1S/C14H12N2O4/c1-8-6-9(2-3-10(8)14(19)20)16-13(18)11-4-5-15-7-12(11)17/h2-7,17H,1H3,(H,16,18)(H,19,20). The fourth-order valence-corrected chi connectivity index (χ4v) is 1.76. The highest BCUT2D eigenvalue weighted by molar-refractivity contribution is 6.06. The van der Waals surface area contributed by atoms with Gasteiger partial charge in [0.2, 0.25) is 0 Å². The van der Waals surface area contributed by atoms with E-state index < -0.39 is 11.9 Å². The normalized spacial score (nSPS) is 10.1. The lowest BCUT2D eigenvalue weighted by molar-refractivity contribution is 0.0696. The van der Waals surface area contributed by atoms with Gasteiger partial charge < -0.3 is 15.5 Å². The number of nitrogens with one attached hydrogen (secondary N) is 1. The average Bonchev–Trinajstić information content (AvgIpc) is 2.38. The molecule has 1 aromatic carbocycles. The van der Waals surface area contributed by atoms with E-state index in [0.717, 1.165) is 0 Å². The number of aromatic nitrogens is 1. The number of aromatic hydroxyl groups is 1. The van der Waals surface area contributed by atoms with Crippen LogP contribution >= 0.6 is 0 Å². The summed E-state index contributed by atoms with van der Waals surface area (Å²) in [5, 5.41) is 21.0. The number of pyridine rings is 1. The van der Waals surface area contributed by atoms with E-state index in [1.807, 2.05) is 0 Å². The molecule has 0 fully saturated rings. The van der Waals surface area contributed by atoms with Crippen LogP contribution in [-0.2, 0) is 0 Å². The van der Waals surface area contributed by atoms with Gasteiger partial charge in [-0.25, -0.2) is 4.79 Å². The summed E-state index contributed by atoms with van der Waals surface area (Å²) in [5.74, 6) is -1.73. The Labute approximate surface area is 114 Å².